The molecule has 0 aliphatic rings. The van der Waals surface area contributed by atoms with Crippen LogP contribution in [0.3, 0.4) is 0 Å². The zero-order chi connectivity index (χ0) is 14.9. The lowest BCUT2D eigenvalue weighted by molar-refractivity contribution is 0.0953. The van der Waals surface area contributed by atoms with E-state index in [1.54, 1.807) is 11.8 Å². The van der Waals surface area contributed by atoms with Crippen molar-refractivity contribution in [3.8, 4) is 0 Å². The fourth-order valence-corrected chi connectivity index (χ4v) is 2.48. The number of benzene rings is 1. The van der Waals surface area contributed by atoms with Gasteiger partial charge in [0.05, 0.1) is 0 Å². The van der Waals surface area contributed by atoms with E-state index in [2.05, 4.69) is 20.5 Å². The monoisotopic (exact) mass is 305 g/mol. The number of unbranched alkanes of at least 4 members (excludes halogenated alkanes) is 1. The Balaban J connectivity index is 1.79. The summed E-state index contributed by atoms with van der Waals surface area (Å²) in [6, 6.07) is 7.60. The number of carbonyl (C=O) groups excluding carboxylic acids is 1. The maximum absolute atomic E-state index is 11.9. The normalized spacial score (nSPS) is 10.5. The molecule has 1 amide bonds. The van der Waals surface area contributed by atoms with Gasteiger partial charge in [0, 0.05) is 17.9 Å². The number of thioether (sulfide) groups is 1. The first-order chi connectivity index (χ1) is 10.3. The van der Waals surface area contributed by atoms with Crippen LogP contribution in [0, 0.1) is 0 Å². The highest BCUT2D eigenvalue weighted by atomic mass is 32.2. The van der Waals surface area contributed by atoms with Crippen molar-refractivity contribution in [2.75, 3.05) is 13.1 Å². The molecular formula is C14H19N5OS. The van der Waals surface area contributed by atoms with E-state index >= 15 is 0 Å². The van der Waals surface area contributed by atoms with Crippen LogP contribution in [-0.4, -0.2) is 34.2 Å². The molecule has 0 aliphatic heterocycles. The summed E-state index contributed by atoms with van der Waals surface area (Å²) in [6.07, 6.45) is 3.33. The van der Waals surface area contributed by atoms with Gasteiger partial charge in [-0.25, -0.2) is 4.98 Å². The minimum atomic E-state index is -0.0403. The predicted molar refractivity (Wildman–Crippen MR) is 83.0 cm³/mol. The Labute approximate surface area is 127 Å². The second-order valence-electron chi connectivity index (χ2n) is 4.53. The second kappa shape index (κ2) is 8.43. The molecule has 0 bridgehead atoms. The molecule has 0 saturated carbocycles. The minimum absolute atomic E-state index is 0.0403. The van der Waals surface area contributed by atoms with Crippen molar-refractivity contribution in [1.82, 2.24) is 20.5 Å². The molecule has 6 nitrogen and oxygen atoms in total. The summed E-state index contributed by atoms with van der Waals surface area (Å²) >= 11 is 1.57. The minimum Gasteiger partial charge on any atom is -0.352 e. The van der Waals surface area contributed by atoms with Gasteiger partial charge in [-0.3, -0.25) is 9.89 Å². The van der Waals surface area contributed by atoms with Gasteiger partial charge in [0.1, 0.15) is 6.33 Å². The Morgan fingerprint density at radius 3 is 2.76 bits per heavy atom. The number of amides is 1. The molecule has 0 fully saturated rings. The fraction of sp³-hybridized carbons (Fsp3) is 0.357. The lowest BCUT2D eigenvalue weighted by Crippen LogP contribution is -2.24. The molecule has 112 valence electrons. The Kier molecular flexibility index (Phi) is 6.23. The van der Waals surface area contributed by atoms with Gasteiger partial charge >= 0.3 is 0 Å². The Bertz CT molecular complexity index is 541. The van der Waals surface area contributed by atoms with E-state index in [1.165, 1.54) is 6.33 Å². The third kappa shape index (κ3) is 5.20. The largest absolute Gasteiger partial charge is 0.352 e. The Morgan fingerprint density at radius 2 is 2.10 bits per heavy atom. The van der Waals surface area contributed by atoms with Crippen molar-refractivity contribution in [3.05, 3.63) is 41.7 Å². The number of nitrogens with two attached hydrogens (primary N) is 1. The van der Waals surface area contributed by atoms with E-state index < -0.39 is 0 Å². The molecule has 1 aromatic heterocycles. The Morgan fingerprint density at radius 1 is 1.29 bits per heavy atom. The van der Waals surface area contributed by atoms with Crippen molar-refractivity contribution in [2.24, 2.45) is 5.73 Å². The number of aromatic amines is 1. The lowest BCUT2D eigenvalue weighted by Gasteiger charge is -2.05. The van der Waals surface area contributed by atoms with E-state index in [-0.39, 0.29) is 5.91 Å². The average molecular weight is 305 g/mol. The summed E-state index contributed by atoms with van der Waals surface area (Å²) in [5, 5.41) is 10.3. The number of aromatic nitrogens is 3. The van der Waals surface area contributed by atoms with Crippen LogP contribution in [0.5, 0.6) is 0 Å². The number of H-pyrrole nitrogens is 1. The van der Waals surface area contributed by atoms with Gasteiger partial charge in [0.25, 0.3) is 5.91 Å². The molecule has 0 aliphatic carbocycles. The Hall–Kier alpha value is -1.86. The van der Waals surface area contributed by atoms with Crippen LogP contribution in [0.25, 0.3) is 0 Å². The van der Waals surface area contributed by atoms with Crippen molar-refractivity contribution in [2.45, 2.75) is 23.8 Å². The van der Waals surface area contributed by atoms with Gasteiger partial charge in [0.2, 0.25) is 0 Å². The summed E-state index contributed by atoms with van der Waals surface area (Å²) in [5.41, 5.74) is 7.22. The molecule has 0 unspecified atom stereocenters. The van der Waals surface area contributed by atoms with Crippen molar-refractivity contribution < 1.29 is 4.79 Å². The van der Waals surface area contributed by atoms with Gasteiger partial charge in [-0.05, 0) is 37.1 Å². The van der Waals surface area contributed by atoms with Gasteiger partial charge in [-0.2, -0.15) is 5.10 Å². The number of carbonyl (C=O) groups is 1. The zero-order valence-electron chi connectivity index (χ0n) is 11.7. The van der Waals surface area contributed by atoms with Crippen LogP contribution in [0.15, 0.2) is 35.7 Å². The summed E-state index contributed by atoms with van der Waals surface area (Å²) in [5.74, 6) is 0.745. The molecule has 0 radical (unpaired) electrons. The quantitative estimate of drug-likeness (QED) is 0.508. The smallest absolute Gasteiger partial charge is 0.251 e. The molecule has 1 heterocycles. The van der Waals surface area contributed by atoms with E-state index in [1.807, 2.05) is 24.3 Å². The molecule has 0 atom stereocenters. The highest BCUT2D eigenvalue weighted by Gasteiger charge is 2.05. The zero-order valence-corrected chi connectivity index (χ0v) is 12.5. The maximum Gasteiger partial charge on any atom is 0.251 e. The first-order valence-corrected chi connectivity index (χ1v) is 7.83. The van der Waals surface area contributed by atoms with Gasteiger partial charge in [-0.15, -0.1) is 0 Å². The molecule has 4 N–H and O–H groups in total. The molecule has 7 heteroatoms. The molecule has 0 saturated heterocycles. The third-order valence-corrected chi connectivity index (χ3v) is 3.85. The summed E-state index contributed by atoms with van der Waals surface area (Å²) in [6.45, 7) is 1.33. The molecule has 0 spiro atoms. The number of hydrogen-bond donors (Lipinski definition) is 3. The first-order valence-electron chi connectivity index (χ1n) is 6.85. The number of rotatable bonds is 8. The molecule has 2 aromatic rings. The van der Waals surface area contributed by atoms with Crippen LogP contribution in [0.2, 0.25) is 0 Å². The maximum atomic E-state index is 11.9. The SMILES string of the molecule is NCCCCNC(=O)c1ccc(CSc2ncn[nH]2)cc1. The third-order valence-electron chi connectivity index (χ3n) is 2.90. The first kappa shape index (κ1) is 15.5. The van der Waals surface area contributed by atoms with Crippen LogP contribution in [-0.2, 0) is 5.75 Å². The number of nitrogens with one attached hydrogen (secondary N) is 2. The highest BCUT2D eigenvalue weighted by molar-refractivity contribution is 7.98. The van der Waals surface area contributed by atoms with Crippen LogP contribution >= 0.6 is 11.8 Å². The summed E-state index contributed by atoms with van der Waals surface area (Å²) in [4.78, 5) is 15.9. The molecular weight excluding hydrogens is 286 g/mol. The van der Waals surface area contributed by atoms with Gasteiger partial charge in [0.15, 0.2) is 5.16 Å². The standard InChI is InChI=1S/C14H19N5OS/c15-7-1-2-8-16-13(20)12-5-3-11(4-6-12)9-21-14-17-10-18-19-14/h3-6,10H,1-2,7-9,15H2,(H,16,20)(H,17,18,19). The molecule has 1 aromatic carbocycles. The average Bonchev–Trinajstić information content (AvgIpc) is 3.03. The molecule has 21 heavy (non-hydrogen) atoms. The van der Waals surface area contributed by atoms with E-state index in [0.29, 0.717) is 18.7 Å². The van der Waals surface area contributed by atoms with E-state index in [9.17, 15) is 4.79 Å². The van der Waals surface area contributed by atoms with Gasteiger partial charge in [-0.1, -0.05) is 23.9 Å². The number of hydrogen-bond acceptors (Lipinski definition) is 5. The fourth-order valence-electron chi connectivity index (χ4n) is 1.74. The highest BCUT2D eigenvalue weighted by Crippen LogP contribution is 2.18. The summed E-state index contributed by atoms with van der Waals surface area (Å²) < 4.78 is 0. The summed E-state index contributed by atoms with van der Waals surface area (Å²) in [7, 11) is 0. The van der Waals surface area contributed by atoms with Crippen molar-refractivity contribution in [3.63, 3.8) is 0 Å². The van der Waals surface area contributed by atoms with Crippen LogP contribution in [0.4, 0.5) is 0 Å². The van der Waals surface area contributed by atoms with Crippen molar-refractivity contribution in [1.29, 1.82) is 0 Å². The lowest BCUT2D eigenvalue weighted by atomic mass is 10.1. The predicted octanol–water partition coefficient (Wildman–Crippen LogP) is 1.57. The number of nitrogens with zero attached hydrogens (tertiary/aromatic N) is 2. The van der Waals surface area contributed by atoms with E-state index in [4.69, 9.17) is 5.73 Å². The van der Waals surface area contributed by atoms with E-state index in [0.717, 1.165) is 29.3 Å². The van der Waals surface area contributed by atoms with Crippen molar-refractivity contribution >= 4 is 17.7 Å². The van der Waals surface area contributed by atoms with Crippen LogP contribution in [0.1, 0.15) is 28.8 Å². The molecule has 2 rings (SSSR count). The topological polar surface area (TPSA) is 96.7 Å². The second-order valence-corrected chi connectivity index (χ2v) is 5.49. The van der Waals surface area contributed by atoms with Gasteiger partial charge < -0.3 is 11.1 Å². The van der Waals surface area contributed by atoms with Crippen LogP contribution < -0.4 is 11.1 Å².